The van der Waals surface area contributed by atoms with Crippen LogP contribution in [0.3, 0.4) is 0 Å². The zero-order valence-corrected chi connectivity index (χ0v) is 12.2. The fraction of sp³-hybridized carbons (Fsp3) is 0.400. The molecule has 0 bridgehead atoms. The van der Waals surface area contributed by atoms with E-state index in [1.54, 1.807) is 23.1 Å². The average Bonchev–Trinajstić information content (AvgIpc) is 2.42. The molecular weight excluding hydrogens is 272 g/mol. The van der Waals surface area contributed by atoms with Gasteiger partial charge in [-0.2, -0.15) is 0 Å². The van der Waals surface area contributed by atoms with Crippen LogP contribution in [0.5, 0.6) is 0 Å². The van der Waals surface area contributed by atoms with Crippen molar-refractivity contribution in [1.29, 1.82) is 0 Å². The summed E-state index contributed by atoms with van der Waals surface area (Å²) in [5.41, 5.74) is 5.85. The van der Waals surface area contributed by atoms with Crippen LogP contribution in [0.15, 0.2) is 24.3 Å². The molecule has 1 rings (SSSR count). The fourth-order valence-corrected chi connectivity index (χ4v) is 1.97. The molecule has 0 heterocycles. The predicted molar refractivity (Wildman–Crippen MR) is 78.0 cm³/mol. The van der Waals surface area contributed by atoms with Gasteiger partial charge in [0.05, 0.1) is 0 Å². The summed E-state index contributed by atoms with van der Waals surface area (Å²) in [6.07, 6.45) is 0.395. The van der Waals surface area contributed by atoms with Crippen molar-refractivity contribution < 1.29 is 19.5 Å². The molecule has 114 valence electrons. The Balaban J connectivity index is 2.87. The zero-order chi connectivity index (χ0) is 16.0. The van der Waals surface area contributed by atoms with Gasteiger partial charge in [-0.25, -0.2) is 0 Å². The van der Waals surface area contributed by atoms with Crippen LogP contribution < -0.4 is 5.73 Å². The molecule has 0 saturated carbocycles. The summed E-state index contributed by atoms with van der Waals surface area (Å²) in [5, 5.41) is 8.66. The van der Waals surface area contributed by atoms with Gasteiger partial charge in [-0.1, -0.05) is 6.07 Å². The maximum absolute atomic E-state index is 12.5. The molecule has 0 aliphatic carbocycles. The van der Waals surface area contributed by atoms with E-state index in [9.17, 15) is 14.4 Å². The molecule has 6 nitrogen and oxygen atoms in total. The highest BCUT2D eigenvalue weighted by Gasteiger charge is 2.19. The first-order valence-electron chi connectivity index (χ1n) is 6.75. The van der Waals surface area contributed by atoms with Gasteiger partial charge in [-0.05, 0) is 38.5 Å². The van der Waals surface area contributed by atoms with E-state index in [0.717, 1.165) is 0 Å². The molecule has 0 aliphatic heterocycles. The number of carbonyl (C=O) groups excluding carboxylic acids is 2. The molecule has 6 heteroatoms. The lowest BCUT2D eigenvalue weighted by atomic mass is 10.1. The van der Waals surface area contributed by atoms with E-state index in [1.807, 2.05) is 13.8 Å². The maximum atomic E-state index is 12.5. The first-order valence-corrected chi connectivity index (χ1v) is 6.75. The Morgan fingerprint density at radius 1 is 1.24 bits per heavy atom. The molecule has 0 unspecified atom stereocenters. The fourth-order valence-electron chi connectivity index (χ4n) is 1.97. The van der Waals surface area contributed by atoms with Gasteiger partial charge in [-0.15, -0.1) is 0 Å². The lowest BCUT2D eigenvalue weighted by molar-refractivity contribution is -0.137. The van der Waals surface area contributed by atoms with Gasteiger partial charge in [-0.3, -0.25) is 14.4 Å². The highest BCUT2D eigenvalue weighted by molar-refractivity contribution is 5.99. The lowest BCUT2D eigenvalue weighted by Crippen LogP contribution is -2.38. The van der Waals surface area contributed by atoms with Crippen LogP contribution >= 0.6 is 0 Å². The van der Waals surface area contributed by atoms with Gasteiger partial charge in [0.25, 0.3) is 5.91 Å². The number of hydrogen-bond donors (Lipinski definition) is 2. The van der Waals surface area contributed by atoms with Crippen LogP contribution in [0.25, 0.3) is 0 Å². The van der Waals surface area contributed by atoms with Gasteiger partial charge in [0, 0.05) is 30.1 Å². The van der Waals surface area contributed by atoms with E-state index < -0.39 is 11.9 Å². The summed E-state index contributed by atoms with van der Waals surface area (Å²) in [6, 6.07) is 6.15. The standard InChI is InChI=1S/C15H20N2O4/c1-10(2)17(8-4-7-13(18)19)15(21)12-6-3-5-11(9-12)14(16)20/h3,5-6,9-10H,4,7-8H2,1-2H3,(H2,16,20)(H,18,19). The molecule has 1 aromatic carbocycles. The number of carboxylic acids is 1. The SMILES string of the molecule is CC(C)N(CCCC(=O)O)C(=O)c1cccc(C(N)=O)c1. The second-order valence-electron chi connectivity index (χ2n) is 5.03. The molecule has 0 atom stereocenters. The van der Waals surface area contributed by atoms with E-state index in [0.29, 0.717) is 18.5 Å². The Hall–Kier alpha value is -2.37. The third kappa shape index (κ3) is 4.91. The number of rotatable bonds is 7. The molecule has 0 aliphatic rings. The maximum Gasteiger partial charge on any atom is 0.303 e. The van der Waals surface area contributed by atoms with Gasteiger partial charge in [0.2, 0.25) is 5.91 Å². The second-order valence-corrected chi connectivity index (χ2v) is 5.03. The summed E-state index contributed by atoms with van der Waals surface area (Å²) >= 11 is 0. The van der Waals surface area contributed by atoms with Crippen LogP contribution in [-0.2, 0) is 4.79 Å². The number of nitrogens with zero attached hydrogens (tertiary/aromatic N) is 1. The molecule has 0 saturated heterocycles. The molecule has 21 heavy (non-hydrogen) atoms. The Bertz CT molecular complexity index is 540. The van der Waals surface area contributed by atoms with Crippen LogP contribution in [-0.4, -0.2) is 40.4 Å². The molecule has 0 fully saturated rings. The minimum Gasteiger partial charge on any atom is -0.481 e. The van der Waals surface area contributed by atoms with Crippen molar-refractivity contribution in [2.45, 2.75) is 32.7 Å². The highest BCUT2D eigenvalue weighted by atomic mass is 16.4. The number of aliphatic carboxylic acids is 1. The van der Waals surface area contributed by atoms with Crippen molar-refractivity contribution in [2.24, 2.45) is 5.73 Å². The Labute approximate surface area is 123 Å². The molecule has 3 N–H and O–H groups in total. The largest absolute Gasteiger partial charge is 0.481 e. The molecule has 2 amide bonds. The number of benzene rings is 1. The number of primary amides is 1. The van der Waals surface area contributed by atoms with E-state index in [4.69, 9.17) is 10.8 Å². The Morgan fingerprint density at radius 2 is 1.86 bits per heavy atom. The average molecular weight is 292 g/mol. The molecule has 0 aromatic heterocycles. The minimum atomic E-state index is -0.887. The van der Waals surface area contributed by atoms with E-state index >= 15 is 0 Å². The van der Waals surface area contributed by atoms with Crippen LogP contribution in [0.2, 0.25) is 0 Å². The number of carbonyl (C=O) groups is 3. The molecule has 1 aromatic rings. The van der Waals surface area contributed by atoms with E-state index in [-0.39, 0.29) is 23.9 Å². The second kappa shape index (κ2) is 7.42. The topological polar surface area (TPSA) is 101 Å². The Morgan fingerprint density at radius 3 is 2.38 bits per heavy atom. The van der Waals surface area contributed by atoms with Crippen LogP contribution in [0.1, 0.15) is 47.4 Å². The third-order valence-electron chi connectivity index (χ3n) is 3.07. The minimum absolute atomic E-state index is 0.0117. The summed E-state index contributed by atoms with van der Waals surface area (Å²) in [7, 11) is 0. The monoisotopic (exact) mass is 292 g/mol. The van der Waals surface area contributed by atoms with E-state index in [2.05, 4.69) is 0 Å². The van der Waals surface area contributed by atoms with Gasteiger partial charge < -0.3 is 15.7 Å². The van der Waals surface area contributed by atoms with Gasteiger partial charge in [0.15, 0.2) is 0 Å². The quantitative estimate of drug-likeness (QED) is 0.795. The van der Waals surface area contributed by atoms with Crippen molar-refractivity contribution in [2.75, 3.05) is 6.54 Å². The number of carboxylic acid groups (broad SMARTS) is 1. The lowest BCUT2D eigenvalue weighted by Gasteiger charge is -2.26. The molecule has 0 spiro atoms. The Kier molecular flexibility index (Phi) is 5.90. The molecule has 0 radical (unpaired) electrons. The van der Waals surface area contributed by atoms with Gasteiger partial charge >= 0.3 is 5.97 Å². The van der Waals surface area contributed by atoms with Crippen LogP contribution in [0.4, 0.5) is 0 Å². The van der Waals surface area contributed by atoms with Crippen molar-refractivity contribution in [3.63, 3.8) is 0 Å². The van der Waals surface area contributed by atoms with Crippen LogP contribution in [0, 0.1) is 0 Å². The first-order chi connectivity index (χ1) is 9.82. The van der Waals surface area contributed by atoms with E-state index in [1.165, 1.54) is 6.07 Å². The smallest absolute Gasteiger partial charge is 0.303 e. The zero-order valence-electron chi connectivity index (χ0n) is 12.2. The van der Waals surface area contributed by atoms with Crippen molar-refractivity contribution in [3.05, 3.63) is 35.4 Å². The summed E-state index contributed by atoms with van der Waals surface area (Å²) in [5.74, 6) is -1.72. The molecular formula is C15H20N2O4. The van der Waals surface area contributed by atoms with Crippen molar-refractivity contribution in [3.8, 4) is 0 Å². The summed E-state index contributed by atoms with van der Waals surface area (Å²) < 4.78 is 0. The van der Waals surface area contributed by atoms with Crippen molar-refractivity contribution in [1.82, 2.24) is 4.90 Å². The predicted octanol–water partition coefficient (Wildman–Crippen LogP) is 1.50. The normalized spacial score (nSPS) is 10.4. The number of amides is 2. The number of nitrogens with two attached hydrogens (primary N) is 1. The summed E-state index contributed by atoms with van der Waals surface area (Å²) in [4.78, 5) is 35.8. The first kappa shape index (κ1) is 16.7. The van der Waals surface area contributed by atoms with Gasteiger partial charge in [0.1, 0.15) is 0 Å². The number of hydrogen-bond acceptors (Lipinski definition) is 3. The summed E-state index contributed by atoms with van der Waals surface area (Å²) in [6.45, 7) is 4.07. The third-order valence-corrected chi connectivity index (χ3v) is 3.07. The highest BCUT2D eigenvalue weighted by Crippen LogP contribution is 2.12. The van der Waals surface area contributed by atoms with Crippen molar-refractivity contribution >= 4 is 17.8 Å².